The van der Waals surface area contributed by atoms with Gasteiger partial charge < -0.3 is 18.9 Å². The summed E-state index contributed by atoms with van der Waals surface area (Å²) in [5.41, 5.74) is 1.53. The van der Waals surface area contributed by atoms with Crippen LogP contribution in [-0.4, -0.2) is 23.9 Å². The number of hydrogen-bond donors (Lipinski definition) is 0. The Bertz CT molecular complexity index is 1040. The first-order valence-corrected chi connectivity index (χ1v) is 9.41. The molecule has 8 heteroatoms. The maximum atomic E-state index is 12.6. The number of carbonyl (C=O) groups is 4. The van der Waals surface area contributed by atoms with Crippen molar-refractivity contribution >= 4 is 23.9 Å². The van der Waals surface area contributed by atoms with E-state index >= 15 is 0 Å². The minimum Gasteiger partial charge on any atom is -0.427 e. The molecule has 2 aromatic rings. The Labute approximate surface area is 170 Å². The standard InChI is InChI=1S/C22H16O8/c1-9(23)27-11-3-5-13-15(7-11)29-21(25)19-17(13)18-14-6-4-12(28-10(2)24)8-16(14)30-22(26)20(18)19/h3-8,17-20H,1-2H3. The summed E-state index contributed by atoms with van der Waals surface area (Å²) in [6.07, 6.45) is 0. The van der Waals surface area contributed by atoms with Gasteiger partial charge in [-0.05, 0) is 23.3 Å². The predicted octanol–water partition coefficient (Wildman–Crippen LogP) is 2.49. The largest absolute Gasteiger partial charge is 0.427 e. The average molecular weight is 408 g/mol. The van der Waals surface area contributed by atoms with Gasteiger partial charge in [-0.1, -0.05) is 12.1 Å². The summed E-state index contributed by atoms with van der Waals surface area (Å²) in [5.74, 6) is -2.63. The normalized spacial score (nSPS) is 25.3. The van der Waals surface area contributed by atoms with Gasteiger partial charge in [0.1, 0.15) is 23.0 Å². The van der Waals surface area contributed by atoms with Crippen LogP contribution in [0.3, 0.4) is 0 Å². The molecular weight excluding hydrogens is 392 g/mol. The van der Waals surface area contributed by atoms with Crippen molar-refractivity contribution in [2.75, 3.05) is 0 Å². The van der Waals surface area contributed by atoms with Crippen molar-refractivity contribution in [2.45, 2.75) is 25.7 Å². The number of fused-ring (bicyclic) bond motifs is 8. The topological polar surface area (TPSA) is 105 Å². The molecule has 0 saturated heterocycles. The van der Waals surface area contributed by atoms with Gasteiger partial charge >= 0.3 is 23.9 Å². The lowest BCUT2D eigenvalue weighted by molar-refractivity contribution is -0.165. The Morgan fingerprint density at radius 2 is 1.10 bits per heavy atom. The van der Waals surface area contributed by atoms with Gasteiger partial charge in [0.15, 0.2) is 0 Å². The van der Waals surface area contributed by atoms with Crippen LogP contribution in [0.4, 0.5) is 0 Å². The Morgan fingerprint density at radius 1 is 0.700 bits per heavy atom. The van der Waals surface area contributed by atoms with E-state index in [1.165, 1.54) is 26.0 Å². The SMILES string of the molecule is CC(=O)Oc1ccc2c(c1)OC(=O)C1C3C(=O)Oc4cc(OC(C)=O)ccc4C3C21. The molecule has 0 bridgehead atoms. The van der Waals surface area contributed by atoms with Gasteiger partial charge in [-0.2, -0.15) is 0 Å². The molecule has 1 saturated carbocycles. The lowest BCUT2D eigenvalue weighted by atomic mass is 9.51. The van der Waals surface area contributed by atoms with Crippen LogP contribution in [-0.2, 0) is 19.2 Å². The fourth-order valence-electron chi connectivity index (χ4n) is 4.68. The number of esters is 4. The van der Waals surface area contributed by atoms with E-state index < -0.39 is 35.7 Å². The number of benzene rings is 2. The molecule has 0 amide bonds. The van der Waals surface area contributed by atoms with E-state index in [2.05, 4.69) is 0 Å². The van der Waals surface area contributed by atoms with Gasteiger partial charge in [0.25, 0.3) is 0 Å². The van der Waals surface area contributed by atoms with Crippen molar-refractivity contribution in [1.82, 2.24) is 0 Å². The van der Waals surface area contributed by atoms with Crippen molar-refractivity contribution < 1.29 is 38.1 Å². The number of hydrogen-bond acceptors (Lipinski definition) is 8. The van der Waals surface area contributed by atoms with E-state index in [-0.39, 0.29) is 23.3 Å². The molecule has 8 nitrogen and oxygen atoms in total. The van der Waals surface area contributed by atoms with Gasteiger partial charge in [0.05, 0.1) is 11.8 Å². The molecule has 1 aliphatic carbocycles. The summed E-state index contributed by atoms with van der Waals surface area (Å²) < 4.78 is 21.0. The van der Waals surface area contributed by atoms with Crippen LogP contribution >= 0.6 is 0 Å². The minimum atomic E-state index is -0.643. The highest BCUT2D eigenvalue weighted by atomic mass is 16.6. The third-order valence-electron chi connectivity index (χ3n) is 5.72. The first-order valence-electron chi connectivity index (χ1n) is 9.41. The van der Waals surface area contributed by atoms with Crippen LogP contribution in [0.2, 0.25) is 0 Å². The quantitative estimate of drug-likeness (QED) is 0.551. The van der Waals surface area contributed by atoms with Gasteiger partial charge in [0.2, 0.25) is 0 Å². The van der Waals surface area contributed by atoms with Crippen LogP contribution in [0.5, 0.6) is 23.0 Å². The second-order valence-corrected chi connectivity index (χ2v) is 7.53. The number of rotatable bonds is 2. The zero-order valence-corrected chi connectivity index (χ0v) is 16.0. The van der Waals surface area contributed by atoms with Crippen molar-refractivity contribution in [3.05, 3.63) is 47.5 Å². The maximum Gasteiger partial charge on any atom is 0.315 e. The minimum absolute atomic E-state index is 0.274. The van der Waals surface area contributed by atoms with E-state index in [0.29, 0.717) is 11.5 Å². The summed E-state index contributed by atoms with van der Waals surface area (Å²) in [6.45, 7) is 2.57. The summed E-state index contributed by atoms with van der Waals surface area (Å²) in [4.78, 5) is 47.7. The number of carbonyl (C=O) groups excluding carboxylic acids is 4. The molecule has 0 radical (unpaired) electrons. The van der Waals surface area contributed by atoms with E-state index in [4.69, 9.17) is 18.9 Å². The molecule has 4 unspecified atom stereocenters. The van der Waals surface area contributed by atoms with Crippen LogP contribution in [0, 0.1) is 11.8 Å². The zero-order chi connectivity index (χ0) is 21.2. The van der Waals surface area contributed by atoms with Crippen LogP contribution in [0.25, 0.3) is 0 Å². The van der Waals surface area contributed by atoms with E-state index in [1.807, 2.05) is 0 Å². The average Bonchev–Trinajstić information content (AvgIpc) is 2.62. The van der Waals surface area contributed by atoms with Gasteiger partial charge in [0, 0.05) is 37.8 Å². The summed E-state index contributed by atoms with van der Waals surface area (Å²) >= 11 is 0. The third-order valence-corrected chi connectivity index (χ3v) is 5.72. The zero-order valence-electron chi connectivity index (χ0n) is 16.0. The Kier molecular flexibility index (Phi) is 3.92. The fraction of sp³-hybridized carbons (Fsp3) is 0.273. The molecule has 0 spiro atoms. The van der Waals surface area contributed by atoms with E-state index in [0.717, 1.165) is 11.1 Å². The molecule has 2 heterocycles. The number of ether oxygens (including phenoxy) is 4. The Morgan fingerprint density at radius 3 is 1.47 bits per heavy atom. The van der Waals surface area contributed by atoms with Gasteiger partial charge in [-0.15, -0.1) is 0 Å². The summed E-state index contributed by atoms with van der Waals surface area (Å²) in [6, 6.07) is 9.78. The monoisotopic (exact) mass is 408 g/mol. The highest BCUT2D eigenvalue weighted by molar-refractivity contribution is 5.92. The van der Waals surface area contributed by atoms with Crippen molar-refractivity contribution in [3.8, 4) is 23.0 Å². The van der Waals surface area contributed by atoms with Crippen molar-refractivity contribution in [2.24, 2.45) is 11.8 Å². The molecule has 2 aromatic carbocycles. The molecule has 3 aliphatic rings. The van der Waals surface area contributed by atoms with E-state index in [1.54, 1.807) is 24.3 Å². The summed E-state index contributed by atoms with van der Waals surface area (Å²) in [5, 5.41) is 0. The molecule has 0 N–H and O–H groups in total. The predicted molar refractivity (Wildman–Crippen MR) is 99.2 cm³/mol. The summed E-state index contributed by atoms with van der Waals surface area (Å²) in [7, 11) is 0. The molecular formula is C22H16O8. The highest BCUT2D eigenvalue weighted by Gasteiger charge is 2.64. The van der Waals surface area contributed by atoms with E-state index in [9.17, 15) is 19.2 Å². The smallest absolute Gasteiger partial charge is 0.315 e. The second-order valence-electron chi connectivity index (χ2n) is 7.53. The molecule has 2 aliphatic heterocycles. The third kappa shape index (κ3) is 2.67. The Hall–Kier alpha value is -3.68. The molecule has 1 fully saturated rings. The van der Waals surface area contributed by atoms with Crippen LogP contribution < -0.4 is 18.9 Å². The van der Waals surface area contributed by atoms with Crippen LogP contribution in [0.15, 0.2) is 36.4 Å². The first kappa shape index (κ1) is 18.4. The molecule has 4 atom stereocenters. The first-order chi connectivity index (χ1) is 14.3. The molecule has 152 valence electrons. The Balaban J connectivity index is 1.56. The lowest BCUT2D eigenvalue weighted by Crippen LogP contribution is -2.57. The maximum absolute atomic E-state index is 12.6. The highest BCUT2D eigenvalue weighted by Crippen LogP contribution is 2.65. The van der Waals surface area contributed by atoms with Gasteiger partial charge in [-0.25, -0.2) is 0 Å². The molecule has 30 heavy (non-hydrogen) atoms. The molecule has 0 aromatic heterocycles. The van der Waals surface area contributed by atoms with Crippen LogP contribution in [0.1, 0.15) is 36.8 Å². The van der Waals surface area contributed by atoms with Gasteiger partial charge in [-0.3, -0.25) is 19.2 Å². The fourth-order valence-corrected chi connectivity index (χ4v) is 4.68. The second kappa shape index (κ2) is 6.41. The van der Waals surface area contributed by atoms with Crippen molar-refractivity contribution in [1.29, 1.82) is 0 Å². The lowest BCUT2D eigenvalue weighted by Gasteiger charge is -2.53. The molecule has 5 rings (SSSR count). The van der Waals surface area contributed by atoms with Crippen molar-refractivity contribution in [3.63, 3.8) is 0 Å².